The third-order valence-corrected chi connectivity index (χ3v) is 3.41. The molecular formula is C14H20N2O. The minimum absolute atomic E-state index is 0.110. The van der Waals surface area contributed by atoms with Crippen LogP contribution in [0.3, 0.4) is 0 Å². The number of nitrogens with one attached hydrogen (secondary N) is 1. The zero-order chi connectivity index (χ0) is 12.3. The number of anilines is 1. The van der Waals surface area contributed by atoms with Gasteiger partial charge in [-0.15, -0.1) is 0 Å². The molecule has 1 aliphatic carbocycles. The van der Waals surface area contributed by atoms with Gasteiger partial charge in [0.1, 0.15) is 0 Å². The third kappa shape index (κ3) is 3.30. The number of Topliss-reactive ketones (excluding diaryl/α,β-unsaturated/α-hetero) is 1. The monoisotopic (exact) mass is 232 g/mol. The first-order chi connectivity index (χ1) is 8.15. The second kappa shape index (κ2) is 5.32. The number of benzene rings is 1. The lowest BCUT2D eigenvalue weighted by atomic mass is 9.91. The number of hydrogen-bond donors (Lipinski definition) is 2. The normalized spacial score (nSPS) is 24.4. The Bertz CT molecular complexity index is 395. The maximum Gasteiger partial charge on any atom is 0.159 e. The van der Waals surface area contributed by atoms with Crippen LogP contribution >= 0.6 is 0 Å². The number of hydrogen-bond acceptors (Lipinski definition) is 3. The molecule has 0 spiro atoms. The van der Waals surface area contributed by atoms with Gasteiger partial charge in [-0.2, -0.15) is 0 Å². The van der Waals surface area contributed by atoms with E-state index in [2.05, 4.69) is 5.32 Å². The van der Waals surface area contributed by atoms with Crippen molar-refractivity contribution in [3.63, 3.8) is 0 Å². The first-order valence-corrected chi connectivity index (χ1v) is 6.28. The van der Waals surface area contributed by atoms with E-state index in [9.17, 15) is 4.79 Å². The van der Waals surface area contributed by atoms with Crippen molar-refractivity contribution in [1.82, 2.24) is 0 Å². The lowest BCUT2D eigenvalue weighted by Gasteiger charge is -2.27. The molecule has 0 aromatic heterocycles. The fourth-order valence-corrected chi connectivity index (χ4v) is 2.33. The van der Waals surface area contributed by atoms with Crippen LogP contribution in [0.1, 0.15) is 43.0 Å². The van der Waals surface area contributed by atoms with Crippen molar-refractivity contribution in [3.8, 4) is 0 Å². The van der Waals surface area contributed by atoms with Crippen LogP contribution < -0.4 is 11.1 Å². The van der Waals surface area contributed by atoms with E-state index in [4.69, 9.17) is 5.73 Å². The largest absolute Gasteiger partial charge is 0.382 e. The van der Waals surface area contributed by atoms with E-state index in [1.54, 1.807) is 6.92 Å². The Labute approximate surface area is 102 Å². The minimum Gasteiger partial charge on any atom is -0.382 e. The van der Waals surface area contributed by atoms with Gasteiger partial charge in [-0.05, 0) is 44.7 Å². The molecule has 92 valence electrons. The third-order valence-electron chi connectivity index (χ3n) is 3.41. The maximum absolute atomic E-state index is 11.3. The first-order valence-electron chi connectivity index (χ1n) is 6.28. The Balaban J connectivity index is 1.98. The van der Waals surface area contributed by atoms with Crippen LogP contribution in [0.15, 0.2) is 24.3 Å². The molecule has 2 rings (SSSR count). The van der Waals surface area contributed by atoms with Crippen molar-refractivity contribution in [1.29, 1.82) is 0 Å². The lowest BCUT2D eigenvalue weighted by molar-refractivity contribution is 0.101. The van der Waals surface area contributed by atoms with Crippen LogP contribution in [0, 0.1) is 0 Å². The molecule has 1 aromatic carbocycles. The van der Waals surface area contributed by atoms with Gasteiger partial charge >= 0.3 is 0 Å². The van der Waals surface area contributed by atoms with Gasteiger partial charge in [0.15, 0.2) is 5.78 Å². The highest BCUT2D eigenvalue weighted by molar-refractivity contribution is 5.94. The summed E-state index contributed by atoms with van der Waals surface area (Å²) in [5.41, 5.74) is 7.69. The molecule has 0 radical (unpaired) electrons. The number of rotatable bonds is 3. The summed E-state index contributed by atoms with van der Waals surface area (Å²) in [7, 11) is 0. The summed E-state index contributed by atoms with van der Waals surface area (Å²) < 4.78 is 0. The highest BCUT2D eigenvalue weighted by Crippen LogP contribution is 2.21. The van der Waals surface area contributed by atoms with Gasteiger partial charge in [0.2, 0.25) is 0 Å². The molecule has 0 aliphatic heterocycles. The Morgan fingerprint density at radius 1 is 1.29 bits per heavy atom. The predicted molar refractivity (Wildman–Crippen MR) is 70.3 cm³/mol. The first kappa shape index (κ1) is 12.1. The second-order valence-electron chi connectivity index (χ2n) is 4.89. The molecule has 1 fully saturated rings. The van der Waals surface area contributed by atoms with E-state index in [-0.39, 0.29) is 5.78 Å². The molecule has 0 atom stereocenters. The number of carbonyl (C=O) groups is 1. The fraction of sp³-hybridized carbons (Fsp3) is 0.500. The van der Waals surface area contributed by atoms with Crippen LogP contribution in [0.5, 0.6) is 0 Å². The SMILES string of the molecule is CC(=O)c1cccc(NC2CCC(N)CC2)c1. The van der Waals surface area contributed by atoms with Crippen LogP contribution in [0.4, 0.5) is 5.69 Å². The van der Waals surface area contributed by atoms with E-state index >= 15 is 0 Å². The Kier molecular flexibility index (Phi) is 3.79. The van der Waals surface area contributed by atoms with Crippen LogP contribution in [0.2, 0.25) is 0 Å². The molecule has 3 N–H and O–H groups in total. The van der Waals surface area contributed by atoms with Crippen molar-refractivity contribution >= 4 is 11.5 Å². The van der Waals surface area contributed by atoms with Gasteiger partial charge in [0.25, 0.3) is 0 Å². The zero-order valence-electron chi connectivity index (χ0n) is 10.3. The topological polar surface area (TPSA) is 55.1 Å². The van der Waals surface area contributed by atoms with Gasteiger partial charge in [0.05, 0.1) is 0 Å². The molecule has 1 saturated carbocycles. The molecular weight excluding hydrogens is 212 g/mol. The minimum atomic E-state index is 0.110. The predicted octanol–water partition coefficient (Wildman–Crippen LogP) is 2.57. The standard InChI is InChI=1S/C14H20N2O/c1-10(17)11-3-2-4-14(9-11)16-13-7-5-12(15)6-8-13/h2-4,9,12-13,16H,5-8,15H2,1H3. The van der Waals surface area contributed by atoms with E-state index in [1.807, 2.05) is 24.3 Å². The molecule has 0 bridgehead atoms. The molecule has 17 heavy (non-hydrogen) atoms. The van der Waals surface area contributed by atoms with Gasteiger partial charge in [-0.25, -0.2) is 0 Å². The van der Waals surface area contributed by atoms with Crippen LogP contribution in [0.25, 0.3) is 0 Å². The zero-order valence-corrected chi connectivity index (χ0v) is 10.3. The molecule has 0 amide bonds. The molecule has 3 nitrogen and oxygen atoms in total. The fourth-order valence-electron chi connectivity index (χ4n) is 2.33. The van der Waals surface area contributed by atoms with Gasteiger partial charge in [-0.1, -0.05) is 12.1 Å². The summed E-state index contributed by atoms with van der Waals surface area (Å²) in [6.45, 7) is 1.60. The van der Waals surface area contributed by atoms with E-state index in [0.29, 0.717) is 12.1 Å². The summed E-state index contributed by atoms with van der Waals surface area (Å²) >= 11 is 0. The molecule has 0 saturated heterocycles. The Morgan fingerprint density at radius 2 is 2.00 bits per heavy atom. The highest BCUT2D eigenvalue weighted by atomic mass is 16.1. The quantitative estimate of drug-likeness (QED) is 0.787. The molecule has 3 heteroatoms. The summed E-state index contributed by atoms with van der Waals surface area (Å²) in [5.74, 6) is 0.110. The summed E-state index contributed by atoms with van der Waals surface area (Å²) in [6.07, 6.45) is 4.41. The average molecular weight is 232 g/mol. The summed E-state index contributed by atoms with van der Waals surface area (Å²) in [5, 5.41) is 3.49. The lowest BCUT2D eigenvalue weighted by Crippen LogP contribution is -2.32. The summed E-state index contributed by atoms with van der Waals surface area (Å²) in [6, 6.07) is 8.59. The van der Waals surface area contributed by atoms with Crippen molar-refractivity contribution in [2.75, 3.05) is 5.32 Å². The van der Waals surface area contributed by atoms with E-state index in [1.165, 1.54) is 0 Å². The van der Waals surface area contributed by atoms with Crippen molar-refractivity contribution < 1.29 is 4.79 Å². The number of nitrogens with two attached hydrogens (primary N) is 1. The van der Waals surface area contributed by atoms with Crippen molar-refractivity contribution in [2.45, 2.75) is 44.7 Å². The second-order valence-corrected chi connectivity index (χ2v) is 4.89. The van der Waals surface area contributed by atoms with E-state index in [0.717, 1.165) is 36.9 Å². The smallest absolute Gasteiger partial charge is 0.159 e. The molecule has 0 heterocycles. The average Bonchev–Trinajstić information content (AvgIpc) is 2.32. The van der Waals surface area contributed by atoms with E-state index < -0.39 is 0 Å². The van der Waals surface area contributed by atoms with Crippen LogP contribution in [-0.2, 0) is 0 Å². The molecule has 1 aromatic rings. The van der Waals surface area contributed by atoms with Crippen molar-refractivity contribution in [3.05, 3.63) is 29.8 Å². The molecule has 0 unspecified atom stereocenters. The van der Waals surface area contributed by atoms with Gasteiger partial charge < -0.3 is 11.1 Å². The summed E-state index contributed by atoms with van der Waals surface area (Å²) in [4.78, 5) is 11.3. The number of ketones is 1. The Morgan fingerprint density at radius 3 is 2.65 bits per heavy atom. The van der Waals surface area contributed by atoms with Gasteiger partial charge in [0, 0.05) is 23.3 Å². The molecule has 1 aliphatic rings. The van der Waals surface area contributed by atoms with Gasteiger partial charge in [-0.3, -0.25) is 4.79 Å². The Hall–Kier alpha value is -1.35. The van der Waals surface area contributed by atoms with Crippen molar-refractivity contribution in [2.24, 2.45) is 5.73 Å². The number of carbonyl (C=O) groups excluding carboxylic acids is 1. The van der Waals surface area contributed by atoms with Crippen LogP contribution in [-0.4, -0.2) is 17.9 Å². The maximum atomic E-state index is 11.3. The highest BCUT2D eigenvalue weighted by Gasteiger charge is 2.18.